The molecule has 0 radical (unpaired) electrons. The number of rotatable bonds is 10. The molecule has 6 heteroatoms. The summed E-state index contributed by atoms with van der Waals surface area (Å²) in [5.74, 6) is 1.32. The molecule has 2 aliphatic carbocycles. The van der Waals surface area contributed by atoms with Crippen LogP contribution in [0.1, 0.15) is 93.7 Å². The highest BCUT2D eigenvalue weighted by Gasteiger charge is 2.33. The number of aryl methyl sites for hydroxylation is 1. The van der Waals surface area contributed by atoms with Gasteiger partial charge in [0.1, 0.15) is 17.4 Å². The van der Waals surface area contributed by atoms with Crippen LogP contribution in [0.2, 0.25) is 0 Å². The highest BCUT2D eigenvalue weighted by Crippen LogP contribution is 2.44. The average Bonchev–Trinajstić information content (AvgIpc) is 2.90. The van der Waals surface area contributed by atoms with E-state index in [1.54, 1.807) is 0 Å². The van der Waals surface area contributed by atoms with Crippen molar-refractivity contribution in [2.75, 3.05) is 5.75 Å². The maximum absolute atomic E-state index is 14.3. The van der Waals surface area contributed by atoms with Crippen molar-refractivity contribution in [1.29, 1.82) is 0 Å². The van der Waals surface area contributed by atoms with Crippen LogP contribution >= 0.6 is 11.8 Å². The third kappa shape index (κ3) is 7.91. The van der Waals surface area contributed by atoms with E-state index in [0.717, 1.165) is 34.8 Å². The lowest BCUT2D eigenvalue weighted by atomic mass is 9.70. The fraction of sp³-hybridized carbons (Fsp3) is 0.613. The monoisotopic (exact) mass is 536 g/mol. The molecule has 4 rings (SSSR count). The number of alkyl halides is 2. The van der Waals surface area contributed by atoms with Gasteiger partial charge in [-0.15, -0.1) is 0 Å². The minimum absolute atomic E-state index is 0.121. The molecule has 0 unspecified atom stereocenters. The van der Waals surface area contributed by atoms with Crippen LogP contribution in [0.4, 0.5) is 17.6 Å². The van der Waals surface area contributed by atoms with Crippen molar-refractivity contribution in [1.82, 2.24) is 0 Å². The second-order valence-corrected chi connectivity index (χ2v) is 12.4. The summed E-state index contributed by atoms with van der Waals surface area (Å²) in [5, 5.41) is 0.881. The van der Waals surface area contributed by atoms with Gasteiger partial charge in [-0.25, -0.2) is 8.78 Å². The van der Waals surface area contributed by atoms with Gasteiger partial charge in [0.15, 0.2) is 0 Å². The van der Waals surface area contributed by atoms with Gasteiger partial charge < -0.3 is 4.74 Å². The van der Waals surface area contributed by atoms with Gasteiger partial charge in [0.05, 0.1) is 6.42 Å². The van der Waals surface area contributed by atoms with Crippen LogP contribution in [0.5, 0.6) is 5.75 Å². The van der Waals surface area contributed by atoms with E-state index in [-0.39, 0.29) is 12.0 Å². The first-order chi connectivity index (χ1) is 17.7. The van der Waals surface area contributed by atoms with E-state index in [1.165, 1.54) is 76.0 Å². The molecular formula is C31H40F4OS. The molecule has 2 aliphatic rings. The number of ether oxygens (including phenoxy) is 1. The van der Waals surface area contributed by atoms with Crippen molar-refractivity contribution in [3.8, 4) is 5.75 Å². The zero-order valence-electron chi connectivity index (χ0n) is 22.1. The van der Waals surface area contributed by atoms with E-state index >= 15 is 0 Å². The summed E-state index contributed by atoms with van der Waals surface area (Å²) in [6.45, 7) is 3.52. The van der Waals surface area contributed by atoms with Gasteiger partial charge in [-0.1, -0.05) is 31.2 Å². The van der Waals surface area contributed by atoms with E-state index in [1.807, 2.05) is 12.1 Å². The van der Waals surface area contributed by atoms with Gasteiger partial charge in [-0.2, -0.15) is 20.5 Å². The molecule has 37 heavy (non-hydrogen) atoms. The number of halogens is 4. The maximum Gasteiger partial charge on any atom is 0.398 e. The largest absolute Gasteiger partial charge is 0.432 e. The molecule has 2 saturated carbocycles. The first kappa shape index (κ1) is 28.3. The summed E-state index contributed by atoms with van der Waals surface area (Å²) in [6.07, 6.45) is 7.91. The second-order valence-electron chi connectivity index (χ2n) is 11.0. The standard InChI is InChI=1S/C31H40F4OS/c1-3-18-37-28-14-12-26(13-15-28)25-10-8-24(9-11-25)23-6-4-22(5-7-23)16-17-31(34,35)36-27-19-29(32)21(2)30(33)20-27/h4-7,19-20,24-26,28H,3,8-18H2,1-2H3. The normalized spacial score (nSPS) is 24.7. The number of hydrogen-bond donors (Lipinski definition) is 0. The Balaban J connectivity index is 1.22. The van der Waals surface area contributed by atoms with Crippen LogP contribution in [0.3, 0.4) is 0 Å². The van der Waals surface area contributed by atoms with Crippen molar-refractivity contribution in [3.63, 3.8) is 0 Å². The lowest BCUT2D eigenvalue weighted by Crippen LogP contribution is -2.26. The molecule has 1 nitrogen and oxygen atoms in total. The minimum Gasteiger partial charge on any atom is -0.432 e. The van der Waals surface area contributed by atoms with Gasteiger partial charge in [-0.3, -0.25) is 0 Å². The molecule has 0 aromatic heterocycles. The Kier molecular flexibility index (Phi) is 9.88. The molecule has 0 atom stereocenters. The SMILES string of the molecule is CCCSC1CCC(C2CCC(c3ccc(CCC(F)(F)Oc4cc(F)c(C)c(F)c4)cc3)CC2)CC1. The fourth-order valence-electron chi connectivity index (χ4n) is 6.09. The van der Waals surface area contributed by atoms with E-state index in [9.17, 15) is 17.6 Å². The van der Waals surface area contributed by atoms with Crippen LogP contribution < -0.4 is 4.74 Å². The summed E-state index contributed by atoms with van der Waals surface area (Å²) in [5.41, 5.74) is 1.89. The van der Waals surface area contributed by atoms with E-state index < -0.39 is 29.9 Å². The summed E-state index contributed by atoms with van der Waals surface area (Å²) >= 11 is 2.18. The lowest BCUT2D eigenvalue weighted by molar-refractivity contribution is -0.180. The van der Waals surface area contributed by atoms with Gasteiger partial charge in [-0.05, 0) is 106 Å². The van der Waals surface area contributed by atoms with Crippen LogP contribution in [0.15, 0.2) is 36.4 Å². The first-order valence-corrected chi connectivity index (χ1v) is 15.0. The van der Waals surface area contributed by atoms with Crippen LogP contribution in [0, 0.1) is 30.4 Å². The Morgan fingerprint density at radius 3 is 2.00 bits per heavy atom. The highest BCUT2D eigenvalue weighted by atomic mass is 32.2. The predicted octanol–water partition coefficient (Wildman–Crippen LogP) is 9.85. The molecule has 0 N–H and O–H groups in total. The van der Waals surface area contributed by atoms with Crippen molar-refractivity contribution in [2.45, 2.75) is 102 Å². The molecule has 2 fully saturated rings. The van der Waals surface area contributed by atoms with Crippen LogP contribution in [-0.4, -0.2) is 17.1 Å². The first-order valence-electron chi connectivity index (χ1n) is 14.0. The van der Waals surface area contributed by atoms with E-state index in [2.05, 4.69) is 35.6 Å². The zero-order chi connectivity index (χ0) is 26.4. The molecule has 0 bridgehead atoms. The Morgan fingerprint density at radius 1 is 0.865 bits per heavy atom. The van der Waals surface area contributed by atoms with E-state index in [4.69, 9.17) is 0 Å². The topological polar surface area (TPSA) is 9.23 Å². The quantitative estimate of drug-likeness (QED) is 0.280. The van der Waals surface area contributed by atoms with Gasteiger partial charge in [0.25, 0.3) is 0 Å². The summed E-state index contributed by atoms with van der Waals surface area (Å²) in [4.78, 5) is 0. The average molecular weight is 537 g/mol. The maximum atomic E-state index is 14.3. The molecule has 0 amide bonds. The van der Waals surface area contributed by atoms with Gasteiger partial charge in [0.2, 0.25) is 0 Å². The lowest BCUT2D eigenvalue weighted by Gasteiger charge is -2.38. The van der Waals surface area contributed by atoms with Crippen LogP contribution in [-0.2, 0) is 6.42 Å². The second kappa shape index (κ2) is 12.9. The van der Waals surface area contributed by atoms with E-state index in [0.29, 0.717) is 5.92 Å². The minimum atomic E-state index is -3.51. The summed E-state index contributed by atoms with van der Waals surface area (Å²) in [6, 6.07) is 9.62. The number of hydrogen-bond acceptors (Lipinski definition) is 2. The molecule has 2 aromatic carbocycles. The molecule has 2 aromatic rings. The fourth-order valence-corrected chi connectivity index (χ4v) is 7.26. The Hall–Kier alpha value is -1.69. The summed E-state index contributed by atoms with van der Waals surface area (Å²) < 4.78 is 60.6. The zero-order valence-corrected chi connectivity index (χ0v) is 22.9. The Labute approximate surface area is 223 Å². The highest BCUT2D eigenvalue weighted by molar-refractivity contribution is 7.99. The van der Waals surface area contributed by atoms with Crippen molar-refractivity contribution in [2.24, 2.45) is 11.8 Å². The van der Waals surface area contributed by atoms with Crippen LogP contribution in [0.25, 0.3) is 0 Å². The van der Waals surface area contributed by atoms with Crippen molar-refractivity contribution in [3.05, 3.63) is 64.7 Å². The summed E-state index contributed by atoms with van der Waals surface area (Å²) in [7, 11) is 0. The predicted molar refractivity (Wildman–Crippen MR) is 145 cm³/mol. The smallest absolute Gasteiger partial charge is 0.398 e. The number of benzene rings is 2. The molecule has 204 valence electrons. The molecule has 0 saturated heterocycles. The van der Waals surface area contributed by atoms with Crippen molar-refractivity contribution < 1.29 is 22.3 Å². The number of thioether (sulfide) groups is 1. The molecule has 0 spiro atoms. The Morgan fingerprint density at radius 2 is 1.43 bits per heavy atom. The van der Waals surface area contributed by atoms with Crippen molar-refractivity contribution >= 4 is 11.8 Å². The van der Waals surface area contributed by atoms with Gasteiger partial charge in [0, 0.05) is 22.9 Å². The van der Waals surface area contributed by atoms with Gasteiger partial charge >= 0.3 is 6.11 Å². The third-order valence-electron chi connectivity index (χ3n) is 8.39. The third-order valence-corrected chi connectivity index (χ3v) is 9.98. The molecular weight excluding hydrogens is 496 g/mol. The molecule has 0 heterocycles. The Bertz CT molecular complexity index is 970. The molecule has 0 aliphatic heterocycles.